The standard InChI is InChI=1S/C8H8N8/c9-4-2-1-3-5(12-4)13-6(11-3)7-14-8(10)16-15-7/h1-2H,(H3,9,11,12,13)(H3,10,14,15,16). The third kappa shape index (κ3) is 1.24. The molecule has 3 rings (SSSR count). The van der Waals surface area contributed by atoms with Crippen LogP contribution in [0.25, 0.3) is 22.8 Å². The Balaban J connectivity index is 2.18. The lowest BCUT2D eigenvalue weighted by Gasteiger charge is -1.88. The zero-order valence-electron chi connectivity index (χ0n) is 8.10. The maximum Gasteiger partial charge on any atom is 0.239 e. The molecule has 6 N–H and O–H groups in total. The highest BCUT2D eigenvalue weighted by atomic mass is 15.3. The van der Waals surface area contributed by atoms with Gasteiger partial charge < -0.3 is 16.5 Å². The summed E-state index contributed by atoms with van der Waals surface area (Å²) in [7, 11) is 0. The van der Waals surface area contributed by atoms with Gasteiger partial charge in [0.05, 0.1) is 5.52 Å². The molecule has 0 saturated heterocycles. The maximum absolute atomic E-state index is 5.56. The fraction of sp³-hybridized carbons (Fsp3) is 0. The number of fused-ring (bicyclic) bond motifs is 1. The van der Waals surface area contributed by atoms with Gasteiger partial charge in [0.1, 0.15) is 5.82 Å². The van der Waals surface area contributed by atoms with Crippen LogP contribution >= 0.6 is 0 Å². The summed E-state index contributed by atoms with van der Waals surface area (Å²) in [5.41, 5.74) is 12.3. The summed E-state index contributed by atoms with van der Waals surface area (Å²) in [6, 6.07) is 3.49. The number of H-pyrrole nitrogens is 2. The van der Waals surface area contributed by atoms with E-state index in [1.807, 2.05) is 0 Å². The first kappa shape index (κ1) is 8.65. The van der Waals surface area contributed by atoms with E-state index in [4.69, 9.17) is 11.5 Å². The van der Waals surface area contributed by atoms with Crippen LogP contribution in [0, 0.1) is 0 Å². The lowest BCUT2D eigenvalue weighted by molar-refractivity contribution is 1.09. The number of nitrogen functional groups attached to an aromatic ring is 2. The fourth-order valence-electron chi connectivity index (χ4n) is 1.40. The quantitative estimate of drug-likeness (QED) is 0.448. The van der Waals surface area contributed by atoms with Crippen LogP contribution in [0.1, 0.15) is 0 Å². The van der Waals surface area contributed by atoms with Crippen molar-refractivity contribution in [2.45, 2.75) is 0 Å². The highest BCUT2D eigenvalue weighted by Gasteiger charge is 2.09. The van der Waals surface area contributed by atoms with Crippen LogP contribution in [0.4, 0.5) is 11.8 Å². The first-order chi connectivity index (χ1) is 7.72. The molecular weight excluding hydrogens is 208 g/mol. The van der Waals surface area contributed by atoms with E-state index in [0.717, 1.165) is 5.52 Å². The van der Waals surface area contributed by atoms with Crippen molar-refractivity contribution in [3.05, 3.63) is 12.1 Å². The summed E-state index contributed by atoms with van der Waals surface area (Å²) in [6.45, 7) is 0. The van der Waals surface area contributed by atoms with Crippen LogP contribution in [-0.2, 0) is 0 Å². The van der Waals surface area contributed by atoms with Crippen LogP contribution in [0.3, 0.4) is 0 Å². The normalized spacial score (nSPS) is 11.0. The van der Waals surface area contributed by atoms with Crippen LogP contribution in [0.2, 0.25) is 0 Å². The number of hydrogen-bond acceptors (Lipinski definition) is 6. The minimum absolute atomic E-state index is 0.169. The molecule has 0 aliphatic rings. The highest BCUT2D eigenvalue weighted by molar-refractivity contribution is 5.75. The number of pyridine rings is 1. The summed E-state index contributed by atoms with van der Waals surface area (Å²) in [6.07, 6.45) is 0. The number of nitrogens with one attached hydrogen (secondary N) is 2. The van der Waals surface area contributed by atoms with Crippen LogP contribution in [0.5, 0.6) is 0 Å². The Morgan fingerprint density at radius 1 is 1.00 bits per heavy atom. The van der Waals surface area contributed by atoms with Crippen molar-refractivity contribution < 1.29 is 0 Å². The molecule has 0 aliphatic heterocycles. The number of aromatic amines is 2. The minimum atomic E-state index is 0.169. The van der Waals surface area contributed by atoms with E-state index in [0.29, 0.717) is 23.1 Å². The summed E-state index contributed by atoms with van der Waals surface area (Å²) < 4.78 is 0. The molecular formula is C8H8N8. The summed E-state index contributed by atoms with van der Waals surface area (Å²) in [4.78, 5) is 15.3. The zero-order chi connectivity index (χ0) is 11.1. The van der Waals surface area contributed by atoms with Gasteiger partial charge in [-0.25, -0.2) is 9.97 Å². The van der Waals surface area contributed by atoms with Gasteiger partial charge in [0.2, 0.25) is 5.95 Å². The van der Waals surface area contributed by atoms with Gasteiger partial charge in [0.15, 0.2) is 17.3 Å². The van der Waals surface area contributed by atoms with Crippen molar-refractivity contribution in [2.24, 2.45) is 0 Å². The SMILES string of the molecule is Nc1ccc2[nH]c(-c3nc(N)n[nH]3)nc2n1. The monoisotopic (exact) mass is 216 g/mol. The van der Waals surface area contributed by atoms with Crippen LogP contribution in [-0.4, -0.2) is 30.1 Å². The van der Waals surface area contributed by atoms with Crippen molar-refractivity contribution >= 4 is 22.9 Å². The molecule has 0 fully saturated rings. The van der Waals surface area contributed by atoms with Gasteiger partial charge >= 0.3 is 0 Å². The predicted octanol–water partition coefficient (Wildman–Crippen LogP) is -0.0926. The van der Waals surface area contributed by atoms with Crippen molar-refractivity contribution in [1.82, 2.24) is 30.1 Å². The maximum atomic E-state index is 5.56. The molecule has 3 aromatic heterocycles. The Hall–Kier alpha value is -2.64. The molecule has 3 heterocycles. The van der Waals surface area contributed by atoms with Crippen LogP contribution < -0.4 is 11.5 Å². The Bertz CT molecular complexity index is 651. The third-order valence-electron chi connectivity index (χ3n) is 2.09. The topological polar surface area (TPSA) is 135 Å². The van der Waals surface area contributed by atoms with E-state index in [1.54, 1.807) is 12.1 Å². The van der Waals surface area contributed by atoms with E-state index in [-0.39, 0.29) is 5.95 Å². The number of hydrogen-bond donors (Lipinski definition) is 4. The lowest BCUT2D eigenvalue weighted by atomic mass is 10.4. The minimum Gasteiger partial charge on any atom is -0.384 e. The molecule has 8 heteroatoms. The number of nitrogens with zero attached hydrogens (tertiary/aromatic N) is 4. The Labute approximate surface area is 89.1 Å². The van der Waals surface area contributed by atoms with E-state index < -0.39 is 0 Å². The molecule has 0 amide bonds. The molecule has 3 aromatic rings. The highest BCUT2D eigenvalue weighted by Crippen LogP contribution is 2.16. The molecule has 8 nitrogen and oxygen atoms in total. The zero-order valence-corrected chi connectivity index (χ0v) is 8.10. The summed E-state index contributed by atoms with van der Waals surface area (Å²) in [5.74, 6) is 1.58. The molecule has 0 aromatic carbocycles. The van der Waals surface area contributed by atoms with Gasteiger partial charge in [-0.15, -0.1) is 5.10 Å². The molecule has 0 aliphatic carbocycles. The van der Waals surface area contributed by atoms with Crippen molar-refractivity contribution in [3.63, 3.8) is 0 Å². The summed E-state index contributed by atoms with van der Waals surface area (Å²) >= 11 is 0. The van der Waals surface area contributed by atoms with Gasteiger partial charge in [-0.05, 0) is 12.1 Å². The van der Waals surface area contributed by atoms with Gasteiger partial charge in [-0.2, -0.15) is 4.98 Å². The molecule has 0 atom stereocenters. The number of aromatic nitrogens is 6. The number of anilines is 2. The second kappa shape index (κ2) is 2.92. The van der Waals surface area contributed by atoms with Gasteiger partial charge in [0.25, 0.3) is 0 Å². The first-order valence-corrected chi connectivity index (χ1v) is 4.53. The Kier molecular flexibility index (Phi) is 1.58. The molecule has 80 valence electrons. The van der Waals surface area contributed by atoms with E-state index in [9.17, 15) is 0 Å². The van der Waals surface area contributed by atoms with Crippen LogP contribution in [0.15, 0.2) is 12.1 Å². The smallest absolute Gasteiger partial charge is 0.239 e. The van der Waals surface area contributed by atoms with E-state index >= 15 is 0 Å². The van der Waals surface area contributed by atoms with Gasteiger partial charge in [-0.3, -0.25) is 5.10 Å². The summed E-state index contributed by atoms with van der Waals surface area (Å²) in [5, 5.41) is 6.38. The lowest BCUT2D eigenvalue weighted by Crippen LogP contribution is -1.88. The second-order valence-electron chi connectivity index (χ2n) is 3.23. The largest absolute Gasteiger partial charge is 0.384 e. The van der Waals surface area contributed by atoms with Crippen molar-refractivity contribution in [2.75, 3.05) is 11.5 Å². The number of imidazole rings is 1. The number of nitrogens with two attached hydrogens (primary N) is 2. The van der Waals surface area contributed by atoms with Crippen molar-refractivity contribution in [1.29, 1.82) is 0 Å². The first-order valence-electron chi connectivity index (χ1n) is 4.53. The molecule has 0 radical (unpaired) electrons. The molecule has 0 spiro atoms. The van der Waals surface area contributed by atoms with Gasteiger partial charge in [0, 0.05) is 0 Å². The average Bonchev–Trinajstić information content (AvgIpc) is 2.83. The fourth-order valence-corrected chi connectivity index (χ4v) is 1.40. The molecule has 0 saturated carbocycles. The molecule has 16 heavy (non-hydrogen) atoms. The van der Waals surface area contributed by atoms with E-state index in [2.05, 4.69) is 30.1 Å². The Morgan fingerprint density at radius 2 is 1.88 bits per heavy atom. The second-order valence-corrected chi connectivity index (χ2v) is 3.23. The number of rotatable bonds is 1. The molecule has 0 unspecified atom stereocenters. The van der Waals surface area contributed by atoms with Crippen molar-refractivity contribution in [3.8, 4) is 11.6 Å². The Morgan fingerprint density at radius 3 is 2.62 bits per heavy atom. The molecule has 0 bridgehead atoms. The predicted molar refractivity (Wildman–Crippen MR) is 58.1 cm³/mol. The average molecular weight is 216 g/mol. The van der Waals surface area contributed by atoms with E-state index in [1.165, 1.54) is 0 Å². The van der Waals surface area contributed by atoms with Gasteiger partial charge in [-0.1, -0.05) is 0 Å². The third-order valence-corrected chi connectivity index (χ3v) is 2.09.